The van der Waals surface area contributed by atoms with Crippen LogP contribution in [0.1, 0.15) is 61.9 Å². The Hall–Kier alpha value is -2.69. The molecule has 3 rings (SSSR count). The van der Waals surface area contributed by atoms with Crippen LogP contribution in [0, 0.1) is 0 Å². The predicted octanol–water partition coefficient (Wildman–Crippen LogP) is 3.73. The fraction of sp³-hybridized carbons (Fsp3) is 0.381. The first-order valence-electron chi connectivity index (χ1n) is 9.22. The summed E-state index contributed by atoms with van der Waals surface area (Å²) in [5.74, 6) is -0.172. The molecular weight excluding hydrogens is 326 g/mol. The van der Waals surface area contributed by atoms with Crippen molar-refractivity contribution in [2.24, 2.45) is 0 Å². The Morgan fingerprint density at radius 2 is 2.12 bits per heavy atom. The van der Waals surface area contributed by atoms with Crippen molar-refractivity contribution in [2.45, 2.75) is 51.5 Å². The summed E-state index contributed by atoms with van der Waals surface area (Å²) in [5, 5.41) is 6.02. The van der Waals surface area contributed by atoms with Gasteiger partial charge in [0.1, 0.15) is 0 Å². The number of hydrogen-bond acceptors (Lipinski definition) is 3. The van der Waals surface area contributed by atoms with Crippen LogP contribution in [-0.2, 0) is 16.0 Å². The van der Waals surface area contributed by atoms with E-state index in [1.807, 2.05) is 37.3 Å². The second-order valence-corrected chi connectivity index (χ2v) is 6.79. The number of amides is 2. The zero-order valence-electron chi connectivity index (χ0n) is 15.3. The van der Waals surface area contributed by atoms with E-state index < -0.39 is 0 Å². The first-order chi connectivity index (χ1) is 12.6. The molecule has 0 bridgehead atoms. The van der Waals surface area contributed by atoms with Gasteiger partial charge in [0.2, 0.25) is 11.8 Å². The van der Waals surface area contributed by atoms with Crippen molar-refractivity contribution in [3.8, 4) is 0 Å². The van der Waals surface area contributed by atoms with Crippen LogP contribution in [0.2, 0.25) is 0 Å². The molecule has 2 aromatic rings. The van der Waals surface area contributed by atoms with E-state index in [2.05, 4.69) is 28.6 Å². The summed E-state index contributed by atoms with van der Waals surface area (Å²) in [7, 11) is 0. The van der Waals surface area contributed by atoms with Crippen LogP contribution in [0.15, 0.2) is 42.6 Å². The maximum atomic E-state index is 12.8. The van der Waals surface area contributed by atoms with Gasteiger partial charge in [0.25, 0.3) is 0 Å². The van der Waals surface area contributed by atoms with Crippen LogP contribution in [-0.4, -0.2) is 16.8 Å². The molecule has 1 aromatic heterocycles. The lowest BCUT2D eigenvalue weighted by molar-refractivity contribution is -0.123. The third-order valence-electron chi connectivity index (χ3n) is 4.82. The van der Waals surface area contributed by atoms with Gasteiger partial charge in [-0.05, 0) is 49.1 Å². The van der Waals surface area contributed by atoms with E-state index in [9.17, 15) is 9.59 Å². The first-order valence-corrected chi connectivity index (χ1v) is 9.22. The molecule has 26 heavy (non-hydrogen) atoms. The minimum Gasteiger partial charge on any atom is -0.349 e. The number of anilines is 1. The van der Waals surface area contributed by atoms with Gasteiger partial charge in [0.05, 0.1) is 17.7 Å². The summed E-state index contributed by atoms with van der Waals surface area (Å²) in [6, 6.07) is 11.5. The number of nitrogens with zero attached hydrogens (tertiary/aromatic N) is 1. The number of rotatable bonds is 6. The zero-order valence-corrected chi connectivity index (χ0v) is 15.3. The molecule has 5 nitrogen and oxygen atoms in total. The number of hydrogen-bond donors (Lipinski definition) is 2. The van der Waals surface area contributed by atoms with Gasteiger partial charge in [-0.2, -0.15) is 0 Å². The van der Waals surface area contributed by atoms with E-state index in [-0.39, 0.29) is 23.8 Å². The van der Waals surface area contributed by atoms with Crippen molar-refractivity contribution >= 4 is 17.5 Å². The Morgan fingerprint density at radius 3 is 2.85 bits per heavy atom. The molecule has 0 saturated carbocycles. The maximum Gasteiger partial charge on any atom is 0.229 e. The van der Waals surface area contributed by atoms with Gasteiger partial charge in [-0.25, -0.2) is 0 Å². The van der Waals surface area contributed by atoms with Gasteiger partial charge in [0.15, 0.2) is 0 Å². The molecule has 2 heterocycles. The Morgan fingerprint density at radius 1 is 1.27 bits per heavy atom. The van der Waals surface area contributed by atoms with Gasteiger partial charge in [-0.15, -0.1) is 0 Å². The van der Waals surface area contributed by atoms with Crippen LogP contribution in [0.3, 0.4) is 0 Å². The number of aromatic nitrogens is 1. The molecule has 0 saturated heterocycles. The second-order valence-electron chi connectivity index (χ2n) is 6.79. The minimum atomic E-state index is -0.236. The number of benzene rings is 1. The second kappa shape index (κ2) is 8.13. The average molecular weight is 351 g/mol. The molecule has 0 radical (unpaired) electrons. The molecule has 2 atom stereocenters. The van der Waals surface area contributed by atoms with Gasteiger partial charge in [-0.1, -0.05) is 31.5 Å². The lowest BCUT2D eigenvalue weighted by Crippen LogP contribution is -2.32. The molecule has 0 spiro atoms. The predicted molar refractivity (Wildman–Crippen MR) is 102 cm³/mol. The van der Waals surface area contributed by atoms with E-state index >= 15 is 0 Å². The van der Waals surface area contributed by atoms with E-state index in [1.165, 1.54) is 0 Å². The lowest BCUT2D eigenvalue weighted by Gasteiger charge is -2.22. The fourth-order valence-corrected chi connectivity index (χ4v) is 3.35. The summed E-state index contributed by atoms with van der Waals surface area (Å²) in [4.78, 5) is 28.7. The third-order valence-corrected chi connectivity index (χ3v) is 4.82. The van der Waals surface area contributed by atoms with Crippen LogP contribution >= 0.6 is 0 Å². The SMILES string of the molecule is CCC[C@H](C(=O)N[C@@H](C)c1ccc2c(c1)CCC(=O)N2)c1ccccn1. The number of nitrogens with one attached hydrogen (secondary N) is 2. The van der Waals surface area contributed by atoms with Gasteiger partial charge >= 0.3 is 0 Å². The zero-order chi connectivity index (χ0) is 18.5. The Kier molecular flexibility index (Phi) is 5.66. The maximum absolute atomic E-state index is 12.8. The van der Waals surface area contributed by atoms with Crippen LogP contribution in [0.5, 0.6) is 0 Å². The van der Waals surface area contributed by atoms with Crippen LogP contribution in [0.4, 0.5) is 5.69 Å². The van der Waals surface area contributed by atoms with E-state index in [4.69, 9.17) is 0 Å². The fourth-order valence-electron chi connectivity index (χ4n) is 3.35. The molecule has 2 N–H and O–H groups in total. The number of fused-ring (bicyclic) bond motifs is 1. The minimum absolute atomic E-state index is 0.00377. The lowest BCUT2D eigenvalue weighted by atomic mass is 9.95. The highest BCUT2D eigenvalue weighted by molar-refractivity contribution is 5.94. The smallest absolute Gasteiger partial charge is 0.229 e. The monoisotopic (exact) mass is 351 g/mol. The average Bonchev–Trinajstić information content (AvgIpc) is 2.66. The summed E-state index contributed by atoms with van der Waals surface area (Å²) < 4.78 is 0. The van der Waals surface area contributed by atoms with Crippen LogP contribution in [0.25, 0.3) is 0 Å². The summed E-state index contributed by atoms with van der Waals surface area (Å²) in [6.45, 7) is 4.06. The van der Waals surface area contributed by atoms with Gasteiger partial charge in [-0.3, -0.25) is 14.6 Å². The van der Waals surface area contributed by atoms with Crippen LogP contribution < -0.4 is 10.6 Å². The molecular formula is C21H25N3O2. The van der Waals surface area contributed by atoms with Gasteiger partial charge in [0, 0.05) is 18.3 Å². The van der Waals surface area contributed by atoms with Crippen molar-refractivity contribution in [1.29, 1.82) is 0 Å². The van der Waals surface area contributed by atoms with E-state index in [1.54, 1.807) is 6.20 Å². The highest BCUT2D eigenvalue weighted by atomic mass is 16.2. The third kappa shape index (κ3) is 4.10. The van der Waals surface area contributed by atoms with Crippen molar-refractivity contribution in [2.75, 3.05) is 5.32 Å². The highest BCUT2D eigenvalue weighted by Gasteiger charge is 2.23. The Balaban J connectivity index is 1.73. The summed E-state index contributed by atoms with van der Waals surface area (Å²) in [5.41, 5.74) is 3.86. The van der Waals surface area contributed by atoms with Crippen molar-refractivity contribution in [3.05, 3.63) is 59.4 Å². The number of aryl methyl sites for hydroxylation is 1. The summed E-state index contributed by atoms with van der Waals surface area (Å²) >= 11 is 0. The Labute approximate surface area is 154 Å². The standard InChI is InChI=1S/C21H25N3O2/c1-3-6-17(19-7-4-5-12-22-19)21(26)23-14(2)15-8-10-18-16(13-15)9-11-20(25)24-18/h4-5,7-8,10,12-14,17H,3,6,9,11H2,1-2H3,(H,23,26)(H,24,25)/t14-,17-/m0/s1. The molecule has 0 aliphatic carbocycles. The highest BCUT2D eigenvalue weighted by Crippen LogP contribution is 2.27. The van der Waals surface area contributed by atoms with E-state index in [0.717, 1.165) is 41.8 Å². The van der Waals surface area contributed by atoms with Crippen molar-refractivity contribution in [1.82, 2.24) is 10.3 Å². The Bertz CT molecular complexity index is 789. The summed E-state index contributed by atoms with van der Waals surface area (Å²) in [6.07, 6.45) is 4.66. The topological polar surface area (TPSA) is 71.1 Å². The molecule has 5 heteroatoms. The van der Waals surface area contributed by atoms with Crippen molar-refractivity contribution < 1.29 is 9.59 Å². The number of carbonyl (C=O) groups excluding carboxylic acids is 2. The van der Waals surface area contributed by atoms with Gasteiger partial charge < -0.3 is 10.6 Å². The normalized spacial score (nSPS) is 15.5. The molecule has 136 valence electrons. The quantitative estimate of drug-likeness (QED) is 0.833. The molecule has 0 unspecified atom stereocenters. The molecule has 1 aromatic carbocycles. The first kappa shape index (κ1) is 18.1. The number of carbonyl (C=O) groups is 2. The largest absolute Gasteiger partial charge is 0.349 e. The molecule has 0 fully saturated rings. The number of pyridine rings is 1. The molecule has 1 aliphatic rings. The molecule has 2 amide bonds. The van der Waals surface area contributed by atoms with E-state index in [0.29, 0.717) is 6.42 Å². The van der Waals surface area contributed by atoms with Crippen molar-refractivity contribution in [3.63, 3.8) is 0 Å². The molecule has 1 aliphatic heterocycles.